The smallest absolute Gasteiger partial charge is 0.287 e. The molecule has 3 rings (SSSR count). The average Bonchev–Trinajstić information content (AvgIpc) is 2.64. The lowest BCUT2D eigenvalue weighted by molar-refractivity contribution is -0.123. The van der Waals surface area contributed by atoms with Gasteiger partial charge in [-0.25, -0.2) is 4.79 Å². The first-order valence-corrected chi connectivity index (χ1v) is 8.36. The molecule has 0 bridgehead atoms. The lowest BCUT2D eigenvalue weighted by atomic mass is 9.91. The summed E-state index contributed by atoms with van der Waals surface area (Å²) in [5.74, 6) is -0.415. The van der Waals surface area contributed by atoms with Crippen LogP contribution in [0.1, 0.15) is 11.1 Å². The number of thiocarbonyl (C=S) groups is 1. The van der Waals surface area contributed by atoms with Crippen LogP contribution < -0.4 is 0 Å². The van der Waals surface area contributed by atoms with E-state index in [0.29, 0.717) is 16.2 Å². The molecule has 0 saturated carbocycles. The van der Waals surface area contributed by atoms with Crippen LogP contribution in [0.3, 0.4) is 0 Å². The van der Waals surface area contributed by atoms with Gasteiger partial charge in [-0.05, 0) is 23.3 Å². The Morgan fingerprint density at radius 2 is 1.44 bits per heavy atom. The average molecular weight is 371 g/mol. The number of benzene rings is 2. The summed E-state index contributed by atoms with van der Waals surface area (Å²) in [6.45, 7) is 0. The monoisotopic (exact) mass is 370 g/mol. The second-order valence-corrected chi connectivity index (χ2v) is 6.46. The molecule has 4 nitrogen and oxygen atoms in total. The molecule has 1 aliphatic heterocycles. The quantitative estimate of drug-likeness (QED) is 0.592. The maximum absolute atomic E-state index is 12.9. The highest BCUT2D eigenvalue weighted by molar-refractivity contribution is 7.81. The molecule has 2 aromatic carbocycles. The molecular weight excluding hydrogens is 356 g/mol. The summed E-state index contributed by atoms with van der Waals surface area (Å²) in [7, 11) is 3.02. The molecule has 0 atom stereocenters. The Balaban J connectivity index is 2.31. The van der Waals surface area contributed by atoms with Crippen LogP contribution in [0, 0.1) is 0 Å². The number of carbonyl (C=O) groups excluding carboxylic acids is 2. The highest BCUT2D eigenvalue weighted by Crippen LogP contribution is 2.32. The van der Waals surface area contributed by atoms with Crippen molar-refractivity contribution in [3.05, 3.63) is 76.3 Å². The zero-order chi connectivity index (χ0) is 18.1. The van der Waals surface area contributed by atoms with E-state index in [2.05, 4.69) is 0 Å². The minimum Gasteiger partial charge on any atom is -0.287 e. The van der Waals surface area contributed by atoms with Crippen LogP contribution in [-0.2, 0) is 4.79 Å². The summed E-state index contributed by atoms with van der Waals surface area (Å²) < 4.78 is 0. The van der Waals surface area contributed by atoms with Gasteiger partial charge < -0.3 is 0 Å². The lowest BCUT2D eigenvalue weighted by Gasteiger charge is -2.32. The third-order valence-corrected chi connectivity index (χ3v) is 4.79. The molecule has 0 unspecified atom stereocenters. The predicted octanol–water partition coefficient (Wildman–Crippen LogP) is 3.99. The highest BCUT2D eigenvalue weighted by atomic mass is 35.5. The van der Waals surface area contributed by atoms with E-state index in [-0.39, 0.29) is 4.99 Å². The Morgan fingerprint density at radius 3 is 2.04 bits per heavy atom. The number of halogens is 1. The lowest BCUT2D eigenvalue weighted by Crippen LogP contribution is -2.52. The van der Waals surface area contributed by atoms with Crippen molar-refractivity contribution in [3.63, 3.8) is 0 Å². The zero-order valence-corrected chi connectivity index (χ0v) is 15.3. The summed E-state index contributed by atoms with van der Waals surface area (Å²) in [5, 5.41) is 0.600. The second kappa shape index (κ2) is 6.78. The van der Waals surface area contributed by atoms with Crippen LogP contribution in [0.2, 0.25) is 5.02 Å². The summed E-state index contributed by atoms with van der Waals surface area (Å²) in [6, 6.07) is 16.2. The Labute approximate surface area is 156 Å². The summed E-state index contributed by atoms with van der Waals surface area (Å²) in [4.78, 5) is 27.6. The van der Waals surface area contributed by atoms with E-state index in [9.17, 15) is 9.59 Å². The van der Waals surface area contributed by atoms with Gasteiger partial charge in [0.1, 0.15) is 4.99 Å². The molecule has 0 N–H and O–H groups in total. The maximum Gasteiger partial charge on any atom is 0.331 e. The van der Waals surface area contributed by atoms with Gasteiger partial charge in [-0.2, -0.15) is 0 Å². The number of imide groups is 1. The van der Waals surface area contributed by atoms with Crippen molar-refractivity contribution in [1.82, 2.24) is 9.80 Å². The van der Waals surface area contributed by atoms with Gasteiger partial charge in [0, 0.05) is 24.7 Å². The molecule has 2 aromatic rings. The van der Waals surface area contributed by atoms with Crippen molar-refractivity contribution < 1.29 is 9.59 Å². The van der Waals surface area contributed by atoms with E-state index in [1.807, 2.05) is 42.5 Å². The summed E-state index contributed by atoms with van der Waals surface area (Å²) >= 11 is 11.4. The Hall–Kier alpha value is -2.50. The largest absolute Gasteiger partial charge is 0.331 e. The van der Waals surface area contributed by atoms with Crippen LogP contribution in [-0.4, -0.2) is 40.8 Å². The van der Waals surface area contributed by atoms with Crippen molar-refractivity contribution in [1.29, 1.82) is 0 Å². The number of urea groups is 1. The minimum absolute atomic E-state index is 0.210. The molecule has 1 saturated heterocycles. The topological polar surface area (TPSA) is 40.6 Å². The standard InChI is InChI=1S/C19H15ClN2O2S/c1-21-17(23)16(18(25)22(2)19(21)24)15(12-6-4-3-5-7-12)13-8-10-14(20)11-9-13/h3-11H,1-2H3. The van der Waals surface area contributed by atoms with Crippen molar-refractivity contribution >= 4 is 46.3 Å². The maximum atomic E-state index is 12.9. The first-order chi connectivity index (χ1) is 11.9. The molecule has 1 fully saturated rings. The Morgan fingerprint density at radius 1 is 0.880 bits per heavy atom. The minimum atomic E-state index is -0.442. The number of rotatable bonds is 2. The van der Waals surface area contributed by atoms with Crippen LogP contribution in [0.5, 0.6) is 0 Å². The molecule has 0 aromatic heterocycles. The van der Waals surface area contributed by atoms with Gasteiger partial charge in [0.15, 0.2) is 0 Å². The van der Waals surface area contributed by atoms with E-state index in [1.54, 1.807) is 19.2 Å². The number of nitrogens with zero attached hydrogens (tertiary/aromatic N) is 2. The van der Waals surface area contributed by atoms with Gasteiger partial charge >= 0.3 is 6.03 Å². The summed E-state index contributed by atoms with van der Waals surface area (Å²) in [6.07, 6.45) is 0. The fraction of sp³-hybridized carbons (Fsp3) is 0.105. The molecule has 25 heavy (non-hydrogen) atoms. The normalized spacial score (nSPS) is 17.2. The van der Waals surface area contributed by atoms with Crippen LogP contribution in [0.25, 0.3) is 5.57 Å². The van der Waals surface area contributed by atoms with E-state index in [4.69, 9.17) is 23.8 Å². The first kappa shape index (κ1) is 17.3. The first-order valence-electron chi connectivity index (χ1n) is 7.57. The van der Waals surface area contributed by atoms with Gasteiger partial charge in [-0.15, -0.1) is 0 Å². The fourth-order valence-electron chi connectivity index (χ4n) is 2.72. The molecule has 3 amide bonds. The number of hydrogen-bond donors (Lipinski definition) is 0. The number of amides is 3. The van der Waals surface area contributed by atoms with Crippen LogP contribution in [0.15, 0.2) is 60.2 Å². The molecule has 126 valence electrons. The number of carbonyl (C=O) groups is 2. The molecule has 1 aliphatic rings. The highest BCUT2D eigenvalue weighted by Gasteiger charge is 2.37. The van der Waals surface area contributed by atoms with Crippen molar-refractivity contribution in [2.24, 2.45) is 0 Å². The van der Waals surface area contributed by atoms with E-state index < -0.39 is 11.9 Å². The van der Waals surface area contributed by atoms with Crippen molar-refractivity contribution in [2.75, 3.05) is 14.1 Å². The second-order valence-electron chi connectivity index (χ2n) is 5.63. The predicted molar refractivity (Wildman–Crippen MR) is 102 cm³/mol. The Kier molecular flexibility index (Phi) is 4.70. The SMILES string of the molecule is CN1C(=O)C(=C(c2ccccc2)c2ccc(Cl)cc2)C(=S)N(C)C1=O. The van der Waals surface area contributed by atoms with E-state index in [0.717, 1.165) is 16.0 Å². The van der Waals surface area contributed by atoms with Crippen LogP contribution >= 0.6 is 23.8 Å². The van der Waals surface area contributed by atoms with E-state index >= 15 is 0 Å². The molecule has 6 heteroatoms. The van der Waals surface area contributed by atoms with Gasteiger partial charge in [0.25, 0.3) is 5.91 Å². The van der Waals surface area contributed by atoms with E-state index in [1.165, 1.54) is 11.9 Å². The van der Waals surface area contributed by atoms with Crippen molar-refractivity contribution in [3.8, 4) is 0 Å². The fourth-order valence-corrected chi connectivity index (χ4v) is 3.11. The molecule has 0 radical (unpaired) electrons. The summed E-state index contributed by atoms with van der Waals surface area (Å²) in [5.41, 5.74) is 2.65. The molecular formula is C19H15ClN2O2S. The van der Waals surface area contributed by atoms with Crippen LogP contribution in [0.4, 0.5) is 4.79 Å². The number of likely N-dealkylation sites (N-methyl/N-ethyl adjacent to an activating group) is 2. The van der Waals surface area contributed by atoms with Crippen molar-refractivity contribution in [2.45, 2.75) is 0 Å². The Bertz CT molecular complexity index is 865. The molecule has 0 aliphatic carbocycles. The molecule has 0 spiro atoms. The number of hydrogen-bond acceptors (Lipinski definition) is 3. The molecule has 1 heterocycles. The third-order valence-electron chi connectivity index (χ3n) is 4.06. The van der Waals surface area contributed by atoms with Gasteiger partial charge in [-0.3, -0.25) is 14.6 Å². The van der Waals surface area contributed by atoms with Gasteiger partial charge in [-0.1, -0.05) is 66.3 Å². The van der Waals surface area contributed by atoms with Gasteiger partial charge in [0.05, 0.1) is 5.57 Å². The van der Waals surface area contributed by atoms with Gasteiger partial charge in [0.2, 0.25) is 0 Å². The third kappa shape index (κ3) is 3.08. The zero-order valence-electron chi connectivity index (χ0n) is 13.7.